The van der Waals surface area contributed by atoms with E-state index in [2.05, 4.69) is 11.4 Å². The highest BCUT2D eigenvalue weighted by Gasteiger charge is 2.44. The zero-order valence-electron chi connectivity index (χ0n) is 8.62. The lowest BCUT2D eigenvalue weighted by molar-refractivity contribution is -0.121. The number of rotatable bonds is 5. The van der Waals surface area contributed by atoms with Gasteiger partial charge in [0.1, 0.15) is 5.54 Å². The lowest BCUT2D eigenvalue weighted by Crippen LogP contribution is -2.36. The minimum Gasteiger partial charge on any atom is -0.369 e. The Morgan fingerprint density at radius 2 is 2.27 bits per heavy atom. The summed E-state index contributed by atoms with van der Waals surface area (Å²) in [5, 5.41) is 11.3. The van der Waals surface area contributed by atoms with Crippen molar-refractivity contribution in [2.24, 2.45) is 11.7 Å². The lowest BCUT2D eigenvalue weighted by atomic mass is 10.0. The molecule has 1 saturated carbocycles. The number of carbonyl (C=O) groups is 2. The van der Waals surface area contributed by atoms with E-state index < -0.39 is 11.4 Å². The van der Waals surface area contributed by atoms with Gasteiger partial charge in [-0.1, -0.05) is 6.92 Å². The molecule has 0 unspecified atom stereocenters. The van der Waals surface area contributed by atoms with Crippen LogP contribution in [0.15, 0.2) is 0 Å². The van der Waals surface area contributed by atoms with Crippen LogP contribution in [0.2, 0.25) is 0 Å². The SMILES string of the molecule is C[C@@H](C[CH]C(=O)NC1(C#N)CC1)C(N)=O. The largest absolute Gasteiger partial charge is 0.369 e. The highest BCUT2D eigenvalue weighted by atomic mass is 16.2. The Morgan fingerprint density at radius 1 is 1.67 bits per heavy atom. The van der Waals surface area contributed by atoms with E-state index in [4.69, 9.17) is 11.0 Å². The maximum absolute atomic E-state index is 11.3. The molecule has 0 saturated heterocycles. The Hall–Kier alpha value is -1.57. The van der Waals surface area contributed by atoms with Crippen LogP contribution < -0.4 is 11.1 Å². The van der Waals surface area contributed by atoms with Crippen molar-refractivity contribution in [3.63, 3.8) is 0 Å². The molecule has 1 rings (SSSR count). The molecule has 3 N–H and O–H groups in total. The van der Waals surface area contributed by atoms with E-state index >= 15 is 0 Å². The molecule has 1 atom stereocenters. The number of nitrogens with one attached hydrogen (secondary N) is 1. The summed E-state index contributed by atoms with van der Waals surface area (Å²) in [7, 11) is 0. The summed E-state index contributed by atoms with van der Waals surface area (Å²) in [4.78, 5) is 22.0. The number of hydrogen-bond donors (Lipinski definition) is 2. The smallest absolute Gasteiger partial charge is 0.225 e. The average molecular weight is 208 g/mol. The molecular weight excluding hydrogens is 194 g/mol. The van der Waals surface area contributed by atoms with Gasteiger partial charge in [0.15, 0.2) is 0 Å². The van der Waals surface area contributed by atoms with E-state index in [0.29, 0.717) is 19.3 Å². The Kier molecular flexibility index (Phi) is 3.30. The molecule has 0 bridgehead atoms. The molecule has 0 heterocycles. The van der Waals surface area contributed by atoms with Gasteiger partial charge in [-0.2, -0.15) is 5.26 Å². The first-order chi connectivity index (χ1) is 6.99. The van der Waals surface area contributed by atoms with E-state index in [0.717, 1.165) is 0 Å². The molecule has 1 aliphatic carbocycles. The van der Waals surface area contributed by atoms with E-state index in [1.54, 1.807) is 6.92 Å². The van der Waals surface area contributed by atoms with Crippen molar-refractivity contribution in [2.45, 2.75) is 31.7 Å². The third-order valence-electron chi connectivity index (χ3n) is 2.47. The van der Waals surface area contributed by atoms with Crippen LogP contribution in [0.3, 0.4) is 0 Å². The Balaban J connectivity index is 2.26. The van der Waals surface area contributed by atoms with Gasteiger partial charge in [0.25, 0.3) is 0 Å². The van der Waals surface area contributed by atoms with Gasteiger partial charge in [0.2, 0.25) is 11.8 Å². The monoisotopic (exact) mass is 208 g/mol. The molecule has 81 valence electrons. The van der Waals surface area contributed by atoms with Gasteiger partial charge >= 0.3 is 0 Å². The van der Waals surface area contributed by atoms with Gasteiger partial charge in [0.05, 0.1) is 12.5 Å². The second-order valence-electron chi connectivity index (χ2n) is 3.93. The molecule has 1 fully saturated rings. The van der Waals surface area contributed by atoms with Crippen LogP contribution in [0.5, 0.6) is 0 Å². The molecule has 2 amide bonds. The molecule has 5 heteroatoms. The molecule has 1 aliphatic rings. The predicted molar refractivity (Wildman–Crippen MR) is 53.0 cm³/mol. The van der Waals surface area contributed by atoms with Crippen molar-refractivity contribution in [3.8, 4) is 6.07 Å². The third-order valence-corrected chi connectivity index (χ3v) is 2.47. The van der Waals surface area contributed by atoms with Gasteiger partial charge in [0, 0.05) is 5.92 Å². The summed E-state index contributed by atoms with van der Waals surface area (Å²) in [6.45, 7) is 1.66. The number of hydrogen-bond acceptors (Lipinski definition) is 3. The number of carbonyl (C=O) groups excluding carboxylic acids is 2. The predicted octanol–water partition coefficient (Wildman–Crippen LogP) is -0.125. The van der Waals surface area contributed by atoms with E-state index in [1.807, 2.05) is 0 Å². The maximum Gasteiger partial charge on any atom is 0.225 e. The molecule has 0 aromatic heterocycles. The van der Waals surface area contributed by atoms with E-state index in [9.17, 15) is 9.59 Å². The van der Waals surface area contributed by atoms with Crippen LogP contribution in [0, 0.1) is 23.7 Å². The topological polar surface area (TPSA) is 96.0 Å². The maximum atomic E-state index is 11.3. The van der Waals surface area contributed by atoms with Crippen LogP contribution in [-0.4, -0.2) is 17.4 Å². The summed E-state index contributed by atoms with van der Waals surface area (Å²) in [6.07, 6.45) is 3.08. The number of primary amides is 1. The zero-order chi connectivity index (χ0) is 11.5. The fourth-order valence-corrected chi connectivity index (χ4v) is 1.08. The Morgan fingerprint density at radius 3 is 2.67 bits per heavy atom. The van der Waals surface area contributed by atoms with Crippen molar-refractivity contribution < 1.29 is 9.59 Å². The standard InChI is InChI=1S/C10H14N3O2/c1-7(9(12)15)2-3-8(14)13-10(6-11)4-5-10/h3,7H,2,4-5H2,1H3,(H2,12,15)(H,13,14)/t7-/m0/s1. The molecule has 0 aromatic carbocycles. The van der Waals surface area contributed by atoms with Crippen LogP contribution >= 0.6 is 0 Å². The lowest BCUT2D eigenvalue weighted by Gasteiger charge is -2.10. The van der Waals surface area contributed by atoms with Crippen LogP contribution in [0.4, 0.5) is 0 Å². The van der Waals surface area contributed by atoms with Gasteiger partial charge < -0.3 is 11.1 Å². The quantitative estimate of drug-likeness (QED) is 0.659. The van der Waals surface area contributed by atoms with E-state index in [-0.39, 0.29) is 11.8 Å². The second kappa shape index (κ2) is 4.30. The molecule has 0 aromatic rings. The number of nitrogens with two attached hydrogens (primary N) is 1. The summed E-state index contributed by atoms with van der Waals surface area (Å²) in [5.74, 6) is -1.09. The first-order valence-electron chi connectivity index (χ1n) is 4.85. The van der Waals surface area contributed by atoms with E-state index in [1.165, 1.54) is 6.42 Å². The van der Waals surface area contributed by atoms with Crippen LogP contribution in [0.1, 0.15) is 26.2 Å². The van der Waals surface area contributed by atoms with Gasteiger partial charge in [-0.05, 0) is 19.3 Å². The molecule has 5 nitrogen and oxygen atoms in total. The summed E-state index contributed by atoms with van der Waals surface area (Å²) in [5.41, 5.74) is 4.40. The highest BCUT2D eigenvalue weighted by Crippen LogP contribution is 2.34. The number of nitrogens with zero attached hydrogens (tertiary/aromatic N) is 1. The van der Waals surface area contributed by atoms with Crippen molar-refractivity contribution in [2.75, 3.05) is 0 Å². The van der Waals surface area contributed by atoms with Gasteiger partial charge in [-0.3, -0.25) is 9.59 Å². The minimum absolute atomic E-state index is 0.304. The van der Waals surface area contributed by atoms with Crippen LogP contribution in [-0.2, 0) is 9.59 Å². The van der Waals surface area contributed by atoms with Crippen molar-refractivity contribution in [1.82, 2.24) is 5.32 Å². The Labute approximate surface area is 88.6 Å². The van der Waals surface area contributed by atoms with Crippen molar-refractivity contribution in [3.05, 3.63) is 6.42 Å². The van der Waals surface area contributed by atoms with Crippen molar-refractivity contribution in [1.29, 1.82) is 5.26 Å². The molecule has 1 radical (unpaired) electrons. The summed E-state index contributed by atoms with van der Waals surface area (Å²) >= 11 is 0. The summed E-state index contributed by atoms with van der Waals surface area (Å²) in [6, 6.07) is 2.05. The molecule has 15 heavy (non-hydrogen) atoms. The normalized spacial score (nSPS) is 18.7. The molecule has 0 aliphatic heterocycles. The Bertz CT molecular complexity index is 315. The first kappa shape index (κ1) is 11.5. The minimum atomic E-state index is -0.649. The summed E-state index contributed by atoms with van der Waals surface area (Å²) < 4.78 is 0. The third kappa shape index (κ3) is 3.24. The highest BCUT2D eigenvalue weighted by molar-refractivity contribution is 5.87. The number of nitriles is 1. The molecular formula is C10H14N3O2. The fraction of sp³-hybridized carbons (Fsp3) is 0.600. The first-order valence-corrected chi connectivity index (χ1v) is 4.85. The fourth-order valence-electron chi connectivity index (χ4n) is 1.08. The van der Waals surface area contributed by atoms with Gasteiger partial charge in [-0.15, -0.1) is 0 Å². The van der Waals surface area contributed by atoms with Crippen LogP contribution in [0.25, 0.3) is 0 Å². The molecule has 0 spiro atoms. The van der Waals surface area contributed by atoms with Crippen molar-refractivity contribution >= 4 is 11.8 Å². The van der Waals surface area contributed by atoms with Gasteiger partial charge in [-0.25, -0.2) is 0 Å². The second-order valence-corrected chi connectivity index (χ2v) is 3.93. The average Bonchev–Trinajstić information content (AvgIpc) is 2.94. The zero-order valence-corrected chi connectivity index (χ0v) is 8.62. The number of amides is 2.